The van der Waals surface area contributed by atoms with E-state index in [9.17, 15) is 13.7 Å². The molecule has 0 aliphatic rings. The molecule has 0 radical (unpaired) electrons. The van der Waals surface area contributed by atoms with Crippen molar-refractivity contribution in [2.75, 3.05) is 0 Å². The molecule has 0 aliphatic heterocycles. The smallest absolute Gasteiger partial charge is 0.263 e. The third-order valence-corrected chi connectivity index (χ3v) is 5.30. The summed E-state index contributed by atoms with van der Waals surface area (Å²) in [5, 5.41) is 13.0. The highest BCUT2D eigenvalue weighted by Crippen LogP contribution is 2.22. The van der Waals surface area contributed by atoms with E-state index in [4.69, 9.17) is 0 Å². The Labute approximate surface area is 142 Å². The molecule has 8 heteroatoms. The van der Waals surface area contributed by atoms with Crippen LogP contribution >= 0.6 is 11.3 Å². The summed E-state index contributed by atoms with van der Waals surface area (Å²) in [6.07, 6.45) is 0. The van der Waals surface area contributed by atoms with E-state index in [1.165, 1.54) is 23.5 Å². The number of rotatable bonds is 4. The molecule has 0 bridgehead atoms. The molecular weight excluding hydrogens is 346 g/mol. The summed E-state index contributed by atoms with van der Waals surface area (Å²) < 4.78 is 29.8. The van der Waals surface area contributed by atoms with Gasteiger partial charge >= 0.3 is 10.1 Å². The molecule has 0 unspecified atom stereocenters. The second kappa shape index (κ2) is 6.39. The molecule has 0 fully saturated rings. The number of nitriles is 1. The fourth-order valence-corrected chi connectivity index (χ4v) is 3.54. The second-order valence-corrected chi connectivity index (χ2v) is 7.44. The molecule has 0 amide bonds. The third kappa shape index (κ3) is 3.27. The number of hydrogen-bond acceptors (Lipinski definition) is 7. The first kappa shape index (κ1) is 16.1. The van der Waals surface area contributed by atoms with Crippen LogP contribution in [0.15, 0.2) is 58.6 Å². The van der Waals surface area contributed by atoms with Crippen LogP contribution in [0.2, 0.25) is 0 Å². The minimum absolute atomic E-state index is 0.0292. The quantitative estimate of drug-likeness (QED) is 0.528. The summed E-state index contributed by atoms with van der Waals surface area (Å²) in [4.78, 5) is 4.23. The maximum absolute atomic E-state index is 12.1. The SMILES string of the molecule is Cc1ccc(S(=O)(=O)O/N=C(/C#N)c2nc3ccccc3s2)cc1. The molecule has 0 atom stereocenters. The zero-order valence-electron chi connectivity index (χ0n) is 12.5. The Bertz CT molecular complexity index is 1030. The molecule has 6 nitrogen and oxygen atoms in total. The molecule has 2 aromatic carbocycles. The largest absolute Gasteiger partial charge is 0.358 e. The number of thiazole rings is 1. The second-order valence-electron chi connectivity index (χ2n) is 4.88. The molecule has 0 saturated heterocycles. The molecule has 0 spiro atoms. The third-order valence-electron chi connectivity index (χ3n) is 3.14. The summed E-state index contributed by atoms with van der Waals surface area (Å²) in [5.74, 6) is 0. The van der Waals surface area contributed by atoms with Gasteiger partial charge in [-0.05, 0) is 31.2 Å². The van der Waals surface area contributed by atoms with Crippen molar-refractivity contribution in [3.63, 3.8) is 0 Å². The number of benzene rings is 2. The number of oxime groups is 1. The number of aromatic nitrogens is 1. The Morgan fingerprint density at radius 3 is 2.58 bits per heavy atom. The zero-order valence-corrected chi connectivity index (χ0v) is 14.1. The first-order valence-corrected chi connectivity index (χ1v) is 9.06. The molecular formula is C16H11N3O3S2. The van der Waals surface area contributed by atoms with Crippen molar-refractivity contribution in [3.8, 4) is 6.07 Å². The fourth-order valence-electron chi connectivity index (χ4n) is 1.92. The van der Waals surface area contributed by atoms with E-state index in [0.29, 0.717) is 10.5 Å². The number of nitrogens with zero attached hydrogens (tertiary/aromatic N) is 3. The molecule has 3 aromatic rings. The van der Waals surface area contributed by atoms with Gasteiger partial charge in [0, 0.05) is 0 Å². The van der Waals surface area contributed by atoms with Crippen molar-refractivity contribution in [3.05, 3.63) is 59.1 Å². The van der Waals surface area contributed by atoms with Crippen LogP contribution < -0.4 is 0 Å². The summed E-state index contributed by atoms with van der Waals surface area (Å²) in [6, 6.07) is 15.3. The van der Waals surface area contributed by atoms with Gasteiger partial charge in [-0.25, -0.2) is 4.98 Å². The Kier molecular flexibility index (Phi) is 4.29. The van der Waals surface area contributed by atoms with E-state index in [1.807, 2.05) is 31.2 Å². The minimum Gasteiger partial charge on any atom is -0.263 e. The minimum atomic E-state index is -4.08. The molecule has 1 aromatic heterocycles. The molecule has 24 heavy (non-hydrogen) atoms. The normalized spacial score (nSPS) is 12.1. The zero-order chi connectivity index (χ0) is 17.2. The highest BCUT2D eigenvalue weighted by atomic mass is 32.2. The number of fused-ring (bicyclic) bond motifs is 1. The van der Waals surface area contributed by atoms with Crippen molar-refractivity contribution < 1.29 is 12.7 Å². The van der Waals surface area contributed by atoms with Gasteiger partial charge in [0.05, 0.1) is 10.2 Å². The molecule has 1 heterocycles. The van der Waals surface area contributed by atoms with Gasteiger partial charge in [-0.3, -0.25) is 4.28 Å². The molecule has 120 valence electrons. The average molecular weight is 357 g/mol. The Balaban J connectivity index is 1.91. The predicted molar refractivity (Wildman–Crippen MR) is 91.2 cm³/mol. The van der Waals surface area contributed by atoms with Crippen LogP contribution in [-0.2, 0) is 14.4 Å². The lowest BCUT2D eigenvalue weighted by Gasteiger charge is -2.01. The summed E-state index contributed by atoms with van der Waals surface area (Å²) in [7, 11) is -4.08. The van der Waals surface area contributed by atoms with Gasteiger partial charge in [0.2, 0.25) is 5.71 Å². The number of para-hydroxylation sites is 1. The summed E-state index contributed by atoms with van der Waals surface area (Å²) >= 11 is 1.24. The van der Waals surface area contributed by atoms with E-state index in [-0.39, 0.29) is 10.6 Å². The van der Waals surface area contributed by atoms with Gasteiger partial charge in [0.15, 0.2) is 5.01 Å². The van der Waals surface area contributed by atoms with Gasteiger partial charge in [-0.1, -0.05) is 35.0 Å². The molecule has 0 aliphatic carbocycles. The Morgan fingerprint density at radius 2 is 1.92 bits per heavy atom. The van der Waals surface area contributed by atoms with E-state index >= 15 is 0 Å². The van der Waals surface area contributed by atoms with Gasteiger partial charge in [-0.15, -0.1) is 11.3 Å². The number of aryl methyl sites for hydroxylation is 1. The predicted octanol–water partition coefficient (Wildman–Crippen LogP) is 3.24. The van der Waals surface area contributed by atoms with Crippen LogP contribution in [0.1, 0.15) is 10.6 Å². The van der Waals surface area contributed by atoms with Crippen molar-refractivity contribution in [2.24, 2.45) is 5.16 Å². The fraction of sp³-hybridized carbons (Fsp3) is 0.0625. The van der Waals surface area contributed by atoms with Gasteiger partial charge < -0.3 is 0 Å². The lowest BCUT2D eigenvalue weighted by molar-refractivity contribution is 0.339. The van der Waals surface area contributed by atoms with Crippen LogP contribution in [0.3, 0.4) is 0 Å². The highest BCUT2D eigenvalue weighted by Gasteiger charge is 2.17. The van der Waals surface area contributed by atoms with Gasteiger partial charge in [0.1, 0.15) is 11.0 Å². The number of hydrogen-bond donors (Lipinski definition) is 0. The Hall–Kier alpha value is -2.76. The van der Waals surface area contributed by atoms with Crippen LogP contribution in [0.5, 0.6) is 0 Å². The van der Waals surface area contributed by atoms with Crippen molar-refractivity contribution in [2.45, 2.75) is 11.8 Å². The van der Waals surface area contributed by atoms with Crippen LogP contribution in [0, 0.1) is 18.3 Å². The highest BCUT2D eigenvalue weighted by molar-refractivity contribution is 7.86. The first-order valence-electron chi connectivity index (χ1n) is 6.84. The summed E-state index contributed by atoms with van der Waals surface area (Å²) in [5.41, 5.74) is 1.44. The maximum atomic E-state index is 12.1. The van der Waals surface area contributed by atoms with Crippen LogP contribution in [-0.4, -0.2) is 19.1 Å². The van der Waals surface area contributed by atoms with Crippen LogP contribution in [0.25, 0.3) is 10.2 Å². The topological polar surface area (TPSA) is 92.4 Å². The van der Waals surface area contributed by atoms with Crippen molar-refractivity contribution >= 4 is 37.4 Å². The van der Waals surface area contributed by atoms with Gasteiger partial charge in [-0.2, -0.15) is 13.7 Å². The van der Waals surface area contributed by atoms with Gasteiger partial charge in [0.25, 0.3) is 0 Å². The summed E-state index contributed by atoms with van der Waals surface area (Å²) in [6.45, 7) is 1.84. The maximum Gasteiger partial charge on any atom is 0.358 e. The van der Waals surface area contributed by atoms with E-state index in [1.54, 1.807) is 18.2 Å². The van der Waals surface area contributed by atoms with E-state index in [2.05, 4.69) is 14.4 Å². The molecule has 0 N–H and O–H groups in total. The Morgan fingerprint density at radius 1 is 1.21 bits per heavy atom. The molecule has 0 saturated carbocycles. The lowest BCUT2D eigenvalue weighted by Crippen LogP contribution is -2.05. The van der Waals surface area contributed by atoms with Crippen LogP contribution in [0.4, 0.5) is 0 Å². The lowest BCUT2D eigenvalue weighted by atomic mass is 10.2. The van der Waals surface area contributed by atoms with Crippen molar-refractivity contribution in [1.29, 1.82) is 5.26 Å². The van der Waals surface area contributed by atoms with E-state index in [0.717, 1.165) is 10.3 Å². The standard InChI is InChI=1S/C16H11N3O3S2/c1-11-6-8-12(9-7-11)24(20,21)22-19-14(10-17)16-18-13-4-2-3-5-15(13)23-16/h2-9H,1H3/b19-14-. The average Bonchev–Trinajstić information content (AvgIpc) is 2.99. The van der Waals surface area contributed by atoms with E-state index < -0.39 is 10.1 Å². The first-order chi connectivity index (χ1) is 11.5. The monoisotopic (exact) mass is 357 g/mol. The van der Waals surface area contributed by atoms with Crippen molar-refractivity contribution in [1.82, 2.24) is 4.98 Å². The molecule has 3 rings (SSSR count).